The van der Waals surface area contributed by atoms with Crippen LogP contribution in [0.3, 0.4) is 0 Å². The van der Waals surface area contributed by atoms with E-state index in [1.807, 2.05) is 54.6 Å². The maximum absolute atomic E-state index is 13.7. The van der Waals surface area contributed by atoms with E-state index in [4.69, 9.17) is 9.47 Å². The van der Waals surface area contributed by atoms with Crippen LogP contribution in [0.4, 0.5) is 0 Å². The van der Waals surface area contributed by atoms with Gasteiger partial charge in [0.1, 0.15) is 12.4 Å². The number of fused-ring (bicyclic) bond motifs is 1. The Morgan fingerprint density at radius 1 is 1.17 bits per heavy atom. The summed E-state index contributed by atoms with van der Waals surface area (Å²) >= 11 is 1.31. The van der Waals surface area contributed by atoms with Crippen LogP contribution in [0.5, 0.6) is 5.75 Å². The van der Waals surface area contributed by atoms with Gasteiger partial charge in [-0.2, -0.15) is 0 Å². The summed E-state index contributed by atoms with van der Waals surface area (Å²) in [5.41, 5.74) is 3.64. The van der Waals surface area contributed by atoms with Crippen LogP contribution >= 0.6 is 11.3 Å². The number of aromatic nitrogens is 1. The largest absolute Gasteiger partial charge is 0.490 e. The van der Waals surface area contributed by atoms with Crippen LogP contribution in [0.1, 0.15) is 56.3 Å². The van der Waals surface area contributed by atoms with E-state index in [1.54, 1.807) is 24.5 Å². The lowest BCUT2D eigenvalue weighted by Crippen LogP contribution is -2.39. The topological polar surface area (TPSA) is 69.9 Å². The molecule has 0 N–H and O–H groups in total. The van der Waals surface area contributed by atoms with Crippen LogP contribution < -0.4 is 19.6 Å². The predicted molar refractivity (Wildman–Crippen MR) is 143 cm³/mol. The second-order valence-corrected chi connectivity index (χ2v) is 9.80. The number of ether oxygens (including phenoxy) is 2. The highest BCUT2D eigenvalue weighted by Crippen LogP contribution is 2.31. The molecule has 1 aliphatic rings. The molecule has 0 saturated carbocycles. The summed E-state index contributed by atoms with van der Waals surface area (Å²) < 4.78 is 13.1. The van der Waals surface area contributed by atoms with Crippen molar-refractivity contribution in [3.63, 3.8) is 0 Å². The van der Waals surface area contributed by atoms with Crippen molar-refractivity contribution >= 4 is 23.4 Å². The number of benzene rings is 2. The molecule has 0 bridgehead atoms. The van der Waals surface area contributed by atoms with Crippen LogP contribution in [0.2, 0.25) is 0 Å². The summed E-state index contributed by atoms with van der Waals surface area (Å²) in [5, 5.41) is 0. The molecule has 7 heteroatoms. The van der Waals surface area contributed by atoms with E-state index in [9.17, 15) is 9.59 Å². The van der Waals surface area contributed by atoms with Gasteiger partial charge in [0.15, 0.2) is 4.80 Å². The first-order chi connectivity index (χ1) is 17.3. The molecule has 1 aromatic heterocycles. The minimum absolute atomic E-state index is 0.196. The molecular weight excluding hydrogens is 472 g/mol. The molecule has 4 rings (SSSR count). The fourth-order valence-electron chi connectivity index (χ4n) is 4.14. The van der Waals surface area contributed by atoms with E-state index < -0.39 is 12.0 Å². The van der Waals surface area contributed by atoms with E-state index >= 15 is 0 Å². The van der Waals surface area contributed by atoms with E-state index in [-0.39, 0.29) is 12.2 Å². The number of esters is 1. The van der Waals surface area contributed by atoms with Gasteiger partial charge >= 0.3 is 5.97 Å². The van der Waals surface area contributed by atoms with Gasteiger partial charge in [0.05, 0.1) is 28.5 Å². The maximum atomic E-state index is 13.7. The monoisotopic (exact) mass is 502 g/mol. The third-order valence-electron chi connectivity index (χ3n) is 5.98. The number of rotatable bonds is 8. The third-order valence-corrected chi connectivity index (χ3v) is 6.96. The molecule has 0 amide bonds. The molecule has 186 valence electrons. The lowest BCUT2D eigenvalue weighted by Gasteiger charge is -2.25. The van der Waals surface area contributed by atoms with Crippen LogP contribution in [-0.2, 0) is 9.53 Å². The van der Waals surface area contributed by atoms with E-state index in [0.717, 1.165) is 16.9 Å². The molecule has 1 aliphatic heterocycles. The smallest absolute Gasteiger partial charge is 0.338 e. The highest BCUT2D eigenvalue weighted by atomic mass is 32.1. The molecule has 0 fully saturated rings. The van der Waals surface area contributed by atoms with E-state index in [1.165, 1.54) is 16.9 Å². The summed E-state index contributed by atoms with van der Waals surface area (Å²) in [5.74, 6) is 0.644. The van der Waals surface area contributed by atoms with Gasteiger partial charge in [0.2, 0.25) is 0 Å². The first-order valence-electron chi connectivity index (χ1n) is 12.0. The summed E-state index contributed by atoms with van der Waals surface area (Å²) in [7, 11) is 0. The molecule has 0 unspecified atom stereocenters. The normalized spacial score (nSPS) is 15.5. The lowest BCUT2D eigenvalue weighted by atomic mass is 9.93. The molecular formula is C29H30N2O4S. The number of carbonyl (C=O) groups excluding carboxylic acids is 1. The summed E-state index contributed by atoms with van der Waals surface area (Å²) in [6, 6.07) is 14.9. The van der Waals surface area contributed by atoms with Crippen molar-refractivity contribution < 1.29 is 14.3 Å². The summed E-state index contributed by atoms with van der Waals surface area (Å²) in [6.07, 6.45) is 3.53. The number of nitrogens with zero attached hydrogens (tertiary/aromatic N) is 2. The molecule has 2 heterocycles. The fourth-order valence-corrected chi connectivity index (χ4v) is 5.18. The Hall–Kier alpha value is -3.71. The van der Waals surface area contributed by atoms with Crippen LogP contribution in [0, 0.1) is 0 Å². The van der Waals surface area contributed by atoms with Crippen LogP contribution in [0.15, 0.2) is 82.2 Å². The van der Waals surface area contributed by atoms with Gasteiger partial charge in [-0.05, 0) is 54.7 Å². The van der Waals surface area contributed by atoms with Crippen LogP contribution in [-0.4, -0.2) is 23.8 Å². The molecule has 1 atom stereocenters. The Labute approximate surface area is 214 Å². The van der Waals surface area contributed by atoms with Crippen molar-refractivity contribution in [2.24, 2.45) is 4.99 Å². The molecule has 0 saturated heterocycles. The lowest BCUT2D eigenvalue weighted by molar-refractivity contribution is -0.139. The Kier molecular flexibility index (Phi) is 7.70. The van der Waals surface area contributed by atoms with Crippen molar-refractivity contribution in [1.29, 1.82) is 0 Å². The average Bonchev–Trinajstić information content (AvgIpc) is 3.17. The van der Waals surface area contributed by atoms with Crippen molar-refractivity contribution in [2.45, 2.75) is 39.7 Å². The first kappa shape index (κ1) is 25.4. The standard InChI is InChI=1S/C29H30N2O4S/c1-6-16-35-23-14-8-20(9-15-23)17-24-27(32)31-26(22-12-10-21(11-13-22)18(3)4)25(28(33)34-7-2)19(5)30-29(31)36-24/h6,8-15,17-18,26H,1,7,16H2,2-5H3/b24-17-/t26-/m1/s1. The number of allylic oxidation sites excluding steroid dienone is 1. The molecule has 3 aromatic rings. The molecule has 36 heavy (non-hydrogen) atoms. The van der Waals surface area contributed by atoms with Gasteiger partial charge in [-0.1, -0.05) is 74.2 Å². The first-order valence-corrected chi connectivity index (χ1v) is 12.8. The van der Waals surface area contributed by atoms with Crippen molar-refractivity contribution in [1.82, 2.24) is 4.57 Å². The average molecular weight is 503 g/mol. The van der Waals surface area contributed by atoms with Gasteiger partial charge in [0, 0.05) is 0 Å². The Morgan fingerprint density at radius 3 is 2.47 bits per heavy atom. The highest BCUT2D eigenvalue weighted by Gasteiger charge is 2.33. The summed E-state index contributed by atoms with van der Waals surface area (Å²) in [4.78, 5) is 31.9. The highest BCUT2D eigenvalue weighted by molar-refractivity contribution is 7.07. The maximum Gasteiger partial charge on any atom is 0.338 e. The SMILES string of the molecule is C=CCOc1ccc(/C=c2\sc3n(c2=O)[C@H](c2ccc(C(C)C)cc2)C(C(=O)OCC)=C(C)N=3)cc1. The molecule has 2 aromatic carbocycles. The fraction of sp³-hybridized carbons (Fsp3) is 0.276. The molecule has 0 aliphatic carbocycles. The van der Waals surface area contributed by atoms with Crippen molar-refractivity contribution in [3.05, 3.63) is 109 Å². The number of hydrogen-bond donors (Lipinski definition) is 0. The number of carbonyl (C=O) groups is 1. The second-order valence-electron chi connectivity index (χ2n) is 8.79. The minimum atomic E-state index is -0.613. The van der Waals surface area contributed by atoms with Gasteiger partial charge in [-0.25, -0.2) is 9.79 Å². The number of hydrogen-bond acceptors (Lipinski definition) is 6. The van der Waals surface area contributed by atoms with Gasteiger partial charge < -0.3 is 9.47 Å². The van der Waals surface area contributed by atoms with Gasteiger partial charge in [0.25, 0.3) is 5.56 Å². The molecule has 6 nitrogen and oxygen atoms in total. The Morgan fingerprint density at radius 2 is 1.86 bits per heavy atom. The predicted octanol–water partition coefficient (Wildman–Crippen LogP) is 4.49. The summed E-state index contributed by atoms with van der Waals surface area (Å²) in [6.45, 7) is 12.1. The minimum Gasteiger partial charge on any atom is -0.490 e. The molecule has 0 spiro atoms. The zero-order chi connectivity index (χ0) is 25.8. The van der Waals surface area contributed by atoms with Gasteiger partial charge in [-0.3, -0.25) is 9.36 Å². The van der Waals surface area contributed by atoms with Crippen molar-refractivity contribution in [2.75, 3.05) is 13.2 Å². The second kappa shape index (κ2) is 10.9. The van der Waals surface area contributed by atoms with Crippen LogP contribution in [0.25, 0.3) is 6.08 Å². The van der Waals surface area contributed by atoms with E-state index in [2.05, 4.69) is 25.4 Å². The van der Waals surface area contributed by atoms with E-state index in [0.29, 0.717) is 33.1 Å². The molecule has 0 radical (unpaired) electrons. The Bertz CT molecular complexity index is 1480. The Balaban J connectivity index is 1.84. The van der Waals surface area contributed by atoms with Crippen molar-refractivity contribution in [3.8, 4) is 5.75 Å². The third kappa shape index (κ3) is 5.11. The number of thiazole rings is 1. The zero-order valence-electron chi connectivity index (χ0n) is 21.0. The van der Waals surface area contributed by atoms with Gasteiger partial charge in [-0.15, -0.1) is 0 Å². The quantitative estimate of drug-likeness (QED) is 0.336. The zero-order valence-corrected chi connectivity index (χ0v) is 21.8.